The monoisotopic (exact) mass is 426 g/mol. The van der Waals surface area contributed by atoms with E-state index in [1.807, 2.05) is 0 Å². The molecule has 0 saturated carbocycles. The Morgan fingerprint density at radius 2 is 1.83 bits per heavy atom. The van der Waals surface area contributed by atoms with E-state index in [9.17, 15) is 19.7 Å². The molecule has 0 saturated heterocycles. The third-order valence-electron chi connectivity index (χ3n) is 3.67. The van der Waals surface area contributed by atoms with Crippen molar-refractivity contribution in [2.24, 2.45) is 0 Å². The molecule has 0 fully saturated rings. The predicted octanol–water partition coefficient (Wildman–Crippen LogP) is 1.38. The topological polar surface area (TPSA) is 135 Å². The zero-order chi connectivity index (χ0) is 22.5. The smallest absolute Gasteiger partial charge is 0.333 e. The van der Waals surface area contributed by atoms with E-state index in [0.29, 0.717) is 16.9 Å². The van der Waals surface area contributed by atoms with Gasteiger partial charge in [0.05, 0.1) is 45.0 Å². The molecule has 166 valence electrons. The first-order valence-corrected chi connectivity index (χ1v) is 8.96. The third-order valence-corrected chi connectivity index (χ3v) is 3.67. The fourth-order valence-corrected chi connectivity index (χ4v) is 2.18. The van der Waals surface area contributed by atoms with Gasteiger partial charge in [0, 0.05) is 17.7 Å². The normalized spacial score (nSPS) is 10.2. The fourth-order valence-electron chi connectivity index (χ4n) is 2.18. The first-order valence-electron chi connectivity index (χ1n) is 8.96. The summed E-state index contributed by atoms with van der Waals surface area (Å²) in [6.07, 6.45) is 0. The molecule has 0 unspecified atom stereocenters. The fraction of sp³-hybridized carbons (Fsp3) is 0.474. The summed E-state index contributed by atoms with van der Waals surface area (Å²) in [6, 6.07) is 2.72. The van der Waals surface area contributed by atoms with Gasteiger partial charge in [0.15, 0.2) is 11.5 Å². The van der Waals surface area contributed by atoms with Crippen LogP contribution in [0.3, 0.4) is 0 Å². The zero-order valence-electron chi connectivity index (χ0n) is 17.2. The van der Waals surface area contributed by atoms with Gasteiger partial charge in [-0.05, 0) is 13.0 Å². The zero-order valence-corrected chi connectivity index (χ0v) is 17.2. The number of carbonyl (C=O) groups excluding carboxylic acids is 2. The van der Waals surface area contributed by atoms with Crippen molar-refractivity contribution in [2.75, 3.05) is 47.2 Å². The van der Waals surface area contributed by atoms with E-state index < -0.39 is 16.9 Å². The Bertz CT molecular complexity index is 765. The first-order chi connectivity index (χ1) is 14.3. The highest BCUT2D eigenvalue weighted by atomic mass is 16.6. The Kier molecular flexibility index (Phi) is 10.9. The van der Waals surface area contributed by atoms with Gasteiger partial charge in [0.25, 0.3) is 5.69 Å². The summed E-state index contributed by atoms with van der Waals surface area (Å²) in [7, 11) is 2.66. The molecule has 0 bridgehead atoms. The highest BCUT2D eigenvalue weighted by molar-refractivity contribution is 5.86. The van der Waals surface area contributed by atoms with Crippen molar-refractivity contribution < 1.29 is 38.2 Å². The highest BCUT2D eigenvalue weighted by Crippen LogP contribution is 2.34. The number of nitrogens with zero attached hydrogens (tertiary/aromatic N) is 1. The van der Waals surface area contributed by atoms with Crippen molar-refractivity contribution >= 4 is 17.6 Å². The maximum absolute atomic E-state index is 11.4. The summed E-state index contributed by atoms with van der Waals surface area (Å²) in [5, 5.41) is 14.2. The van der Waals surface area contributed by atoms with Crippen molar-refractivity contribution in [3.05, 3.63) is 40.0 Å². The summed E-state index contributed by atoms with van der Waals surface area (Å²) in [5.41, 5.74) is 0.440. The highest BCUT2D eigenvalue weighted by Gasteiger charge is 2.20. The molecule has 0 aliphatic carbocycles. The lowest BCUT2D eigenvalue weighted by molar-refractivity contribution is -0.385. The summed E-state index contributed by atoms with van der Waals surface area (Å²) in [4.78, 5) is 33.2. The van der Waals surface area contributed by atoms with E-state index in [1.165, 1.54) is 26.4 Å². The molecule has 11 nitrogen and oxygen atoms in total. The van der Waals surface area contributed by atoms with Crippen molar-refractivity contribution in [3.8, 4) is 11.5 Å². The van der Waals surface area contributed by atoms with Crippen LogP contribution in [0, 0.1) is 10.1 Å². The lowest BCUT2D eigenvalue weighted by Crippen LogP contribution is -2.23. The average molecular weight is 426 g/mol. The van der Waals surface area contributed by atoms with Gasteiger partial charge in [0.2, 0.25) is 0 Å². The van der Waals surface area contributed by atoms with Crippen molar-refractivity contribution in [1.82, 2.24) is 5.32 Å². The minimum Gasteiger partial charge on any atom is -0.493 e. The molecule has 0 atom stereocenters. The van der Waals surface area contributed by atoms with E-state index in [-0.39, 0.29) is 51.0 Å². The number of esters is 2. The van der Waals surface area contributed by atoms with Crippen LogP contribution >= 0.6 is 0 Å². The Labute approximate surface area is 174 Å². The number of carbonyl (C=O) groups is 2. The number of benzene rings is 1. The van der Waals surface area contributed by atoms with Gasteiger partial charge in [-0.25, -0.2) is 4.79 Å². The van der Waals surface area contributed by atoms with Crippen molar-refractivity contribution in [1.29, 1.82) is 0 Å². The molecule has 1 aromatic carbocycles. The number of nitro groups is 1. The molecule has 1 rings (SSSR count). The van der Waals surface area contributed by atoms with E-state index in [4.69, 9.17) is 18.9 Å². The molecular weight excluding hydrogens is 400 g/mol. The summed E-state index contributed by atoms with van der Waals surface area (Å²) >= 11 is 0. The van der Waals surface area contributed by atoms with Gasteiger partial charge in [-0.3, -0.25) is 14.9 Å². The Hall–Kier alpha value is -3.18. The minimum atomic E-state index is -0.548. The van der Waals surface area contributed by atoms with Gasteiger partial charge in [-0.1, -0.05) is 6.58 Å². The number of nitrogens with one attached hydrogen (secondary N) is 1. The second kappa shape index (κ2) is 13.1. The molecule has 11 heteroatoms. The second-order valence-electron chi connectivity index (χ2n) is 5.95. The van der Waals surface area contributed by atoms with Crippen molar-refractivity contribution in [2.45, 2.75) is 13.5 Å². The SMILES string of the molecule is C=C(C)C(=O)OCCOCCOc1cc([N+](=O)[O-])c(CNCC(=O)OC)cc1OC. The molecule has 0 heterocycles. The van der Waals surface area contributed by atoms with E-state index in [1.54, 1.807) is 6.92 Å². The van der Waals surface area contributed by atoms with Crippen LogP contribution in [0.5, 0.6) is 11.5 Å². The average Bonchev–Trinajstić information content (AvgIpc) is 2.72. The van der Waals surface area contributed by atoms with Crippen LogP contribution in [-0.4, -0.2) is 64.1 Å². The molecule has 1 aromatic rings. The number of rotatable bonds is 14. The molecule has 0 aliphatic heterocycles. The molecule has 0 aliphatic rings. The summed E-state index contributed by atoms with van der Waals surface area (Å²) in [5.74, 6) is -0.504. The maximum atomic E-state index is 11.4. The van der Waals surface area contributed by atoms with Gasteiger partial charge in [-0.2, -0.15) is 0 Å². The van der Waals surface area contributed by atoms with Crippen LogP contribution < -0.4 is 14.8 Å². The van der Waals surface area contributed by atoms with E-state index in [0.717, 1.165) is 0 Å². The van der Waals surface area contributed by atoms with Crippen LogP contribution in [0.1, 0.15) is 12.5 Å². The predicted molar refractivity (Wildman–Crippen MR) is 105 cm³/mol. The number of nitro benzene ring substituents is 1. The Balaban J connectivity index is 2.61. The van der Waals surface area contributed by atoms with Gasteiger partial charge in [-0.15, -0.1) is 0 Å². The number of methoxy groups -OCH3 is 2. The maximum Gasteiger partial charge on any atom is 0.333 e. The summed E-state index contributed by atoms with van der Waals surface area (Å²) in [6.45, 7) is 5.50. The molecule has 0 radical (unpaired) electrons. The molecule has 0 spiro atoms. The third kappa shape index (κ3) is 8.45. The summed E-state index contributed by atoms with van der Waals surface area (Å²) < 4.78 is 25.4. The lowest BCUT2D eigenvalue weighted by Gasteiger charge is -2.13. The minimum absolute atomic E-state index is 0.0636. The van der Waals surface area contributed by atoms with E-state index >= 15 is 0 Å². The van der Waals surface area contributed by atoms with Gasteiger partial charge < -0.3 is 29.0 Å². The standard InChI is InChI=1S/C19H26N2O9/c1-13(2)19(23)30-8-6-28-5-7-29-17-10-15(21(24)25)14(9-16(17)26-3)11-20-12-18(22)27-4/h9-10,20H,1,5-8,11-12H2,2-4H3. The van der Waals surface area contributed by atoms with E-state index in [2.05, 4.69) is 16.6 Å². The first kappa shape index (κ1) is 24.9. The number of hydrogen-bond acceptors (Lipinski definition) is 10. The van der Waals surface area contributed by atoms with Crippen LogP contribution in [0.2, 0.25) is 0 Å². The number of hydrogen-bond donors (Lipinski definition) is 1. The van der Waals surface area contributed by atoms with Crippen LogP contribution in [0.25, 0.3) is 0 Å². The molecule has 0 amide bonds. The number of ether oxygens (including phenoxy) is 5. The van der Waals surface area contributed by atoms with Crippen LogP contribution in [0.4, 0.5) is 5.69 Å². The molecular formula is C19H26N2O9. The van der Waals surface area contributed by atoms with Crippen LogP contribution in [-0.2, 0) is 30.3 Å². The van der Waals surface area contributed by atoms with Crippen LogP contribution in [0.15, 0.2) is 24.3 Å². The lowest BCUT2D eigenvalue weighted by atomic mass is 10.1. The Morgan fingerprint density at radius 1 is 1.13 bits per heavy atom. The quantitative estimate of drug-likeness (QED) is 0.153. The second-order valence-corrected chi connectivity index (χ2v) is 5.95. The molecule has 30 heavy (non-hydrogen) atoms. The molecule has 0 aromatic heterocycles. The van der Waals surface area contributed by atoms with Gasteiger partial charge in [0.1, 0.15) is 13.2 Å². The van der Waals surface area contributed by atoms with Gasteiger partial charge >= 0.3 is 11.9 Å². The molecule has 1 N–H and O–H groups in total. The largest absolute Gasteiger partial charge is 0.493 e. The Morgan fingerprint density at radius 3 is 2.43 bits per heavy atom. The van der Waals surface area contributed by atoms with Crippen molar-refractivity contribution in [3.63, 3.8) is 0 Å².